The summed E-state index contributed by atoms with van der Waals surface area (Å²) in [5, 5.41) is 8.01. The van der Waals surface area contributed by atoms with E-state index >= 15 is 0 Å². The first kappa shape index (κ1) is 21.7. The lowest BCUT2D eigenvalue weighted by molar-refractivity contribution is -0.116. The van der Waals surface area contributed by atoms with Gasteiger partial charge in [0.1, 0.15) is 5.75 Å². The van der Waals surface area contributed by atoms with Gasteiger partial charge in [0, 0.05) is 23.3 Å². The zero-order chi connectivity index (χ0) is 21.7. The van der Waals surface area contributed by atoms with Crippen molar-refractivity contribution in [2.75, 3.05) is 26.0 Å². The number of benzene rings is 2. The van der Waals surface area contributed by atoms with E-state index < -0.39 is 0 Å². The number of hydrogen-bond acceptors (Lipinski definition) is 4. The van der Waals surface area contributed by atoms with Crippen LogP contribution in [0.3, 0.4) is 0 Å². The number of amides is 2. The second-order valence-electron chi connectivity index (χ2n) is 6.57. The number of carbonyl (C=O) groups excluding carboxylic acids is 2. The first-order valence-corrected chi connectivity index (χ1v) is 9.77. The van der Waals surface area contributed by atoms with Crippen LogP contribution in [0.2, 0.25) is 10.0 Å². The van der Waals surface area contributed by atoms with E-state index in [1.807, 2.05) is 18.2 Å². The number of aromatic nitrogens is 2. The van der Waals surface area contributed by atoms with Crippen LogP contribution in [0.5, 0.6) is 5.75 Å². The van der Waals surface area contributed by atoms with Gasteiger partial charge in [-0.2, -0.15) is 5.10 Å². The molecule has 0 bridgehead atoms. The molecule has 3 rings (SSSR count). The average molecular weight is 447 g/mol. The van der Waals surface area contributed by atoms with E-state index in [2.05, 4.69) is 10.4 Å². The molecule has 1 aromatic heterocycles. The van der Waals surface area contributed by atoms with Gasteiger partial charge in [-0.25, -0.2) is 0 Å². The minimum atomic E-state index is -0.380. The molecule has 0 unspecified atom stereocenters. The van der Waals surface area contributed by atoms with Crippen LogP contribution in [0.25, 0.3) is 0 Å². The van der Waals surface area contributed by atoms with Gasteiger partial charge < -0.3 is 15.0 Å². The maximum atomic E-state index is 12.7. The fourth-order valence-corrected chi connectivity index (χ4v) is 3.20. The van der Waals surface area contributed by atoms with Gasteiger partial charge in [-0.15, -0.1) is 0 Å². The van der Waals surface area contributed by atoms with E-state index in [1.165, 1.54) is 18.2 Å². The van der Waals surface area contributed by atoms with Crippen molar-refractivity contribution in [3.8, 4) is 5.75 Å². The summed E-state index contributed by atoms with van der Waals surface area (Å²) in [5.74, 6) is -0.230. The van der Waals surface area contributed by atoms with Crippen LogP contribution >= 0.6 is 23.2 Å². The summed E-state index contributed by atoms with van der Waals surface area (Å²) in [6, 6.07) is 12.3. The van der Waals surface area contributed by atoms with Crippen molar-refractivity contribution in [2.24, 2.45) is 0 Å². The topological polar surface area (TPSA) is 76.5 Å². The standard InChI is InChI=1S/C21H20Cl2N4O3/c1-26(13-20(28)25-18-9-16(22)7-8-19(18)30-2)21(29)15-10-24-27(12-15)11-14-5-3-4-6-17(14)23/h3-10,12H,11,13H2,1-2H3,(H,25,28). The van der Waals surface area contributed by atoms with Crippen molar-refractivity contribution < 1.29 is 14.3 Å². The summed E-state index contributed by atoms with van der Waals surface area (Å²) in [6.45, 7) is 0.288. The van der Waals surface area contributed by atoms with Crippen LogP contribution in [-0.2, 0) is 11.3 Å². The third kappa shape index (κ3) is 5.31. The van der Waals surface area contributed by atoms with Crippen LogP contribution in [-0.4, -0.2) is 47.2 Å². The Kier molecular flexibility index (Phi) is 6.97. The summed E-state index contributed by atoms with van der Waals surface area (Å²) in [4.78, 5) is 26.4. The van der Waals surface area contributed by atoms with Crippen LogP contribution in [0.1, 0.15) is 15.9 Å². The molecule has 2 aromatic carbocycles. The minimum Gasteiger partial charge on any atom is -0.495 e. The fourth-order valence-electron chi connectivity index (χ4n) is 2.84. The van der Waals surface area contributed by atoms with E-state index in [0.29, 0.717) is 33.6 Å². The van der Waals surface area contributed by atoms with Crippen LogP contribution < -0.4 is 10.1 Å². The Morgan fingerprint density at radius 3 is 2.70 bits per heavy atom. The van der Waals surface area contributed by atoms with Gasteiger partial charge in [0.15, 0.2) is 0 Å². The second kappa shape index (κ2) is 9.65. The molecule has 2 amide bonds. The first-order chi connectivity index (χ1) is 14.4. The van der Waals surface area contributed by atoms with E-state index in [4.69, 9.17) is 27.9 Å². The number of carbonyl (C=O) groups is 2. The zero-order valence-corrected chi connectivity index (χ0v) is 17.9. The number of hydrogen-bond donors (Lipinski definition) is 1. The molecular formula is C21H20Cl2N4O3. The zero-order valence-electron chi connectivity index (χ0n) is 16.4. The van der Waals surface area contributed by atoms with Crippen molar-refractivity contribution in [3.63, 3.8) is 0 Å². The normalized spacial score (nSPS) is 10.5. The number of nitrogens with one attached hydrogen (secondary N) is 1. The summed E-state index contributed by atoms with van der Waals surface area (Å²) in [6.07, 6.45) is 3.09. The highest BCUT2D eigenvalue weighted by atomic mass is 35.5. The summed E-state index contributed by atoms with van der Waals surface area (Å²) in [5.41, 5.74) is 1.70. The molecule has 156 valence electrons. The van der Waals surface area contributed by atoms with E-state index in [9.17, 15) is 9.59 Å². The van der Waals surface area contributed by atoms with Gasteiger partial charge in [0.05, 0.1) is 37.6 Å². The molecule has 0 spiro atoms. The summed E-state index contributed by atoms with van der Waals surface area (Å²) in [7, 11) is 3.04. The molecule has 0 aliphatic heterocycles. The Balaban J connectivity index is 1.62. The Morgan fingerprint density at radius 2 is 1.97 bits per heavy atom. The number of anilines is 1. The molecule has 9 heteroatoms. The Bertz CT molecular complexity index is 1070. The molecule has 0 fully saturated rings. The van der Waals surface area contributed by atoms with Gasteiger partial charge in [-0.1, -0.05) is 41.4 Å². The number of rotatable bonds is 7. The fraction of sp³-hybridized carbons (Fsp3) is 0.190. The number of halogens is 2. The summed E-state index contributed by atoms with van der Waals surface area (Å²) < 4.78 is 6.83. The molecule has 1 heterocycles. The molecule has 7 nitrogen and oxygen atoms in total. The smallest absolute Gasteiger partial charge is 0.257 e. The van der Waals surface area contributed by atoms with Crippen molar-refractivity contribution in [3.05, 3.63) is 76.0 Å². The Hall–Kier alpha value is -3.03. The van der Waals surface area contributed by atoms with Crippen LogP contribution in [0, 0.1) is 0 Å². The number of ether oxygens (including phenoxy) is 1. The molecular weight excluding hydrogens is 427 g/mol. The van der Waals surface area contributed by atoms with Crippen molar-refractivity contribution in [1.29, 1.82) is 0 Å². The molecule has 0 saturated heterocycles. The predicted molar refractivity (Wildman–Crippen MR) is 116 cm³/mol. The predicted octanol–water partition coefficient (Wildman–Crippen LogP) is 3.96. The first-order valence-electron chi connectivity index (χ1n) is 9.02. The van der Waals surface area contributed by atoms with E-state index in [0.717, 1.165) is 5.56 Å². The van der Waals surface area contributed by atoms with Gasteiger partial charge in [-0.3, -0.25) is 14.3 Å². The molecule has 1 N–H and O–H groups in total. The van der Waals surface area contributed by atoms with Crippen molar-refractivity contribution >= 4 is 40.7 Å². The van der Waals surface area contributed by atoms with E-state index in [1.54, 1.807) is 42.2 Å². The lowest BCUT2D eigenvalue weighted by Crippen LogP contribution is -2.34. The highest BCUT2D eigenvalue weighted by molar-refractivity contribution is 6.31. The molecule has 0 atom stereocenters. The summed E-state index contributed by atoms with van der Waals surface area (Å²) >= 11 is 12.1. The van der Waals surface area contributed by atoms with Crippen molar-refractivity contribution in [1.82, 2.24) is 14.7 Å². The molecule has 0 radical (unpaired) electrons. The SMILES string of the molecule is COc1ccc(Cl)cc1NC(=O)CN(C)C(=O)c1cnn(Cc2ccccc2Cl)c1. The van der Waals surface area contributed by atoms with Crippen molar-refractivity contribution in [2.45, 2.75) is 6.54 Å². The largest absolute Gasteiger partial charge is 0.495 e. The maximum absolute atomic E-state index is 12.7. The highest BCUT2D eigenvalue weighted by Gasteiger charge is 2.18. The van der Waals surface area contributed by atoms with Gasteiger partial charge in [-0.05, 0) is 29.8 Å². The van der Waals surface area contributed by atoms with E-state index in [-0.39, 0.29) is 18.4 Å². The van der Waals surface area contributed by atoms with Crippen LogP contribution in [0.15, 0.2) is 54.9 Å². The minimum absolute atomic E-state index is 0.149. The number of methoxy groups -OCH3 is 1. The van der Waals surface area contributed by atoms with Gasteiger partial charge >= 0.3 is 0 Å². The lowest BCUT2D eigenvalue weighted by atomic mass is 10.2. The molecule has 0 aliphatic rings. The third-order valence-electron chi connectivity index (χ3n) is 4.33. The quantitative estimate of drug-likeness (QED) is 0.595. The van der Waals surface area contributed by atoms with Gasteiger partial charge in [0.25, 0.3) is 5.91 Å². The molecule has 0 aliphatic carbocycles. The second-order valence-corrected chi connectivity index (χ2v) is 7.42. The molecule has 3 aromatic rings. The third-order valence-corrected chi connectivity index (χ3v) is 4.94. The number of likely N-dealkylation sites (N-methyl/N-ethyl adjacent to an activating group) is 1. The number of nitrogens with zero attached hydrogens (tertiary/aromatic N) is 3. The highest BCUT2D eigenvalue weighted by Crippen LogP contribution is 2.27. The maximum Gasteiger partial charge on any atom is 0.257 e. The van der Waals surface area contributed by atoms with Crippen LogP contribution in [0.4, 0.5) is 5.69 Å². The monoisotopic (exact) mass is 446 g/mol. The van der Waals surface area contributed by atoms with Gasteiger partial charge in [0.2, 0.25) is 5.91 Å². The molecule has 30 heavy (non-hydrogen) atoms. The molecule has 0 saturated carbocycles. The average Bonchev–Trinajstić information content (AvgIpc) is 3.17. The Labute approximate surface area is 184 Å². The lowest BCUT2D eigenvalue weighted by Gasteiger charge is -2.17. The Morgan fingerprint density at radius 1 is 1.20 bits per heavy atom.